The Morgan fingerprint density at radius 1 is 1.37 bits per heavy atom. The van der Waals surface area contributed by atoms with Crippen LogP contribution in [0.25, 0.3) is 0 Å². The molecule has 2 rings (SSSR count). The molecule has 1 N–H and O–H groups in total. The van der Waals surface area contributed by atoms with Gasteiger partial charge in [-0.25, -0.2) is 0 Å². The first-order valence-electron chi connectivity index (χ1n) is 6.24. The topological polar surface area (TPSA) is 55.4 Å². The van der Waals surface area contributed by atoms with Crippen LogP contribution in [-0.2, 0) is 14.3 Å². The molecule has 1 fully saturated rings. The Bertz CT molecular complexity index is 486. The molecule has 102 valence electrons. The van der Waals surface area contributed by atoms with Crippen molar-refractivity contribution >= 4 is 29.2 Å². The number of rotatable bonds is 4. The molecule has 0 bridgehead atoms. The van der Waals surface area contributed by atoms with E-state index in [1.54, 1.807) is 31.2 Å². The summed E-state index contributed by atoms with van der Waals surface area (Å²) in [7, 11) is 0. The molecule has 0 heterocycles. The van der Waals surface area contributed by atoms with Gasteiger partial charge in [-0.1, -0.05) is 18.5 Å². The van der Waals surface area contributed by atoms with Gasteiger partial charge in [0.2, 0.25) is 0 Å². The summed E-state index contributed by atoms with van der Waals surface area (Å²) < 4.78 is 5.13. The van der Waals surface area contributed by atoms with Gasteiger partial charge in [0.05, 0.1) is 5.92 Å². The van der Waals surface area contributed by atoms with Crippen LogP contribution in [0.2, 0.25) is 5.02 Å². The zero-order chi connectivity index (χ0) is 14.0. The Balaban J connectivity index is 1.85. The Kier molecular flexibility index (Phi) is 4.10. The highest BCUT2D eigenvalue weighted by Crippen LogP contribution is 2.38. The van der Waals surface area contributed by atoms with Crippen molar-refractivity contribution < 1.29 is 14.3 Å². The molecule has 0 saturated heterocycles. The van der Waals surface area contributed by atoms with Gasteiger partial charge in [0.1, 0.15) is 0 Å². The first kappa shape index (κ1) is 13.9. The van der Waals surface area contributed by atoms with Gasteiger partial charge in [0, 0.05) is 10.7 Å². The number of carbonyl (C=O) groups excluding carboxylic acids is 2. The van der Waals surface area contributed by atoms with E-state index in [4.69, 9.17) is 16.3 Å². The molecule has 0 radical (unpaired) electrons. The fraction of sp³-hybridized carbons (Fsp3) is 0.429. The van der Waals surface area contributed by atoms with Crippen LogP contribution in [0.3, 0.4) is 0 Å². The SMILES string of the molecule is C[C@H](OC(=O)[C@H]1C[C@H]1C)C(=O)Nc1ccc(Cl)cc1. The molecular formula is C14H16ClNO3. The maximum absolute atomic E-state index is 11.8. The molecule has 1 amide bonds. The second kappa shape index (κ2) is 5.61. The number of benzene rings is 1. The van der Waals surface area contributed by atoms with E-state index in [0.29, 0.717) is 16.6 Å². The predicted molar refractivity (Wildman–Crippen MR) is 72.9 cm³/mol. The van der Waals surface area contributed by atoms with Crippen molar-refractivity contribution in [2.45, 2.75) is 26.4 Å². The van der Waals surface area contributed by atoms with Gasteiger partial charge in [0.15, 0.2) is 6.10 Å². The molecule has 1 aliphatic carbocycles. The van der Waals surface area contributed by atoms with Crippen LogP contribution in [0.5, 0.6) is 0 Å². The number of hydrogen-bond donors (Lipinski definition) is 1. The number of amides is 1. The summed E-state index contributed by atoms with van der Waals surface area (Å²) in [6, 6.07) is 6.74. The monoisotopic (exact) mass is 281 g/mol. The second-order valence-electron chi connectivity index (χ2n) is 4.89. The maximum atomic E-state index is 11.8. The third-order valence-electron chi connectivity index (χ3n) is 3.19. The van der Waals surface area contributed by atoms with Crippen molar-refractivity contribution in [2.75, 3.05) is 5.32 Å². The van der Waals surface area contributed by atoms with E-state index in [0.717, 1.165) is 6.42 Å². The third-order valence-corrected chi connectivity index (χ3v) is 3.44. The van der Waals surface area contributed by atoms with Gasteiger partial charge in [-0.05, 0) is 43.5 Å². The average molecular weight is 282 g/mol. The van der Waals surface area contributed by atoms with Gasteiger partial charge in [-0.3, -0.25) is 9.59 Å². The van der Waals surface area contributed by atoms with Crippen molar-refractivity contribution in [1.82, 2.24) is 0 Å². The van der Waals surface area contributed by atoms with Crippen molar-refractivity contribution in [3.05, 3.63) is 29.3 Å². The summed E-state index contributed by atoms with van der Waals surface area (Å²) >= 11 is 5.75. The molecule has 1 aromatic rings. The molecule has 1 aliphatic rings. The smallest absolute Gasteiger partial charge is 0.309 e. The number of carbonyl (C=O) groups is 2. The molecule has 0 aromatic heterocycles. The molecule has 19 heavy (non-hydrogen) atoms. The lowest BCUT2D eigenvalue weighted by atomic mass is 10.3. The largest absolute Gasteiger partial charge is 0.452 e. The van der Waals surface area contributed by atoms with Crippen molar-refractivity contribution in [2.24, 2.45) is 11.8 Å². The fourth-order valence-electron chi connectivity index (χ4n) is 1.74. The Labute approximate surface area is 117 Å². The standard InChI is InChI=1S/C14H16ClNO3/c1-8-7-12(8)14(18)19-9(2)13(17)16-11-5-3-10(15)4-6-11/h3-6,8-9,12H,7H2,1-2H3,(H,16,17)/t8-,9+,12+/m1/s1. The normalized spacial score (nSPS) is 22.5. The summed E-state index contributed by atoms with van der Waals surface area (Å²) in [6.07, 6.45) is 0.0562. The number of ether oxygens (including phenoxy) is 1. The lowest BCUT2D eigenvalue weighted by molar-refractivity contribution is -0.154. The zero-order valence-corrected chi connectivity index (χ0v) is 11.6. The zero-order valence-electron chi connectivity index (χ0n) is 10.9. The van der Waals surface area contributed by atoms with E-state index in [1.807, 2.05) is 6.92 Å². The highest BCUT2D eigenvalue weighted by molar-refractivity contribution is 6.30. The van der Waals surface area contributed by atoms with E-state index in [-0.39, 0.29) is 17.8 Å². The number of hydrogen-bond acceptors (Lipinski definition) is 3. The van der Waals surface area contributed by atoms with Crippen LogP contribution in [0.4, 0.5) is 5.69 Å². The number of nitrogens with one attached hydrogen (secondary N) is 1. The van der Waals surface area contributed by atoms with Crippen molar-refractivity contribution in [1.29, 1.82) is 0 Å². The lowest BCUT2D eigenvalue weighted by Crippen LogP contribution is -2.30. The van der Waals surface area contributed by atoms with E-state index in [2.05, 4.69) is 5.32 Å². The quantitative estimate of drug-likeness (QED) is 0.864. The van der Waals surface area contributed by atoms with Crippen LogP contribution >= 0.6 is 11.6 Å². The minimum Gasteiger partial charge on any atom is -0.452 e. The average Bonchev–Trinajstić information content (AvgIpc) is 3.09. The first-order valence-corrected chi connectivity index (χ1v) is 6.62. The van der Waals surface area contributed by atoms with E-state index in [1.165, 1.54) is 0 Å². The van der Waals surface area contributed by atoms with Crippen LogP contribution in [0, 0.1) is 11.8 Å². The summed E-state index contributed by atoms with van der Waals surface area (Å²) in [5, 5.41) is 3.27. The Morgan fingerprint density at radius 3 is 2.47 bits per heavy atom. The molecular weight excluding hydrogens is 266 g/mol. The molecule has 0 unspecified atom stereocenters. The van der Waals surface area contributed by atoms with Crippen LogP contribution in [0.15, 0.2) is 24.3 Å². The van der Waals surface area contributed by atoms with Crippen molar-refractivity contribution in [3.8, 4) is 0 Å². The van der Waals surface area contributed by atoms with Crippen molar-refractivity contribution in [3.63, 3.8) is 0 Å². The first-order chi connectivity index (χ1) is 8.97. The molecule has 1 aromatic carbocycles. The summed E-state index contributed by atoms with van der Waals surface area (Å²) in [4.78, 5) is 23.4. The number of anilines is 1. The van der Waals surface area contributed by atoms with Gasteiger partial charge in [0.25, 0.3) is 5.91 Å². The third kappa shape index (κ3) is 3.70. The molecule has 4 nitrogen and oxygen atoms in total. The second-order valence-corrected chi connectivity index (χ2v) is 5.33. The molecule has 3 atom stereocenters. The summed E-state index contributed by atoms with van der Waals surface area (Å²) in [5.74, 6) is -0.292. The van der Waals surface area contributed by atoms with E-state index >= 15 is 0 Å². The lowest BCUT2D eigenvalue weighted by Gasteiger charge is -2.13. The number of esters is 1. The predicted octanol–water partition coefficient (Wildman–Crippen LogP) is 2.87. The highest BCUT2D eigenvalue weighted by atomic mass is 35.5. The fourth-order valence-corrected chi connectivity index (χ4v) is 1.87. The molecule has 0 spiro atoms. The van der Waals surface area contributed by atoms with E-state index in [9.17, 15) is 9.59 Å². The Morgan fingerprint density at radius 2 is 1.95 bits per heavy atom. The maximum Gasteiger partial charge on any atom is 0.309 e. The summed E-state index contributed by atoms with van der Waals surface area (Å²) in [5.41, 5.74) is 0.622. The minimum absolute atomic E-state index is 0.0363. The van der Waals surface area contributed by atoms with Gasteiger partial charge in [-0.2, -0.15) is 0 Å². The van der Waals surface area contributed by atoms with Crippen LogP contribution in [-0.4, -0.2) is 18.0 Å². The van der Waals surface area contributed by atoms with Gasteiger partial charge >= 0.3 is 5.97 Å². The molecule has 0 aliphatic heterocycles. The minimum atomic E-state index is -0.795. The highest BCUT2D eigenvalue weighted by Gasteiger charge is 2.41. The van der Waals surface area contributed by atoms with Crippen LogP contribution in [0.1, 0.15) is 20.3 Å². The van der Waals surface area contributed by atoms with Crippen LogP contribution < -0.4 is 5.32 Å². The summed E-state index contributed by atoms with van der Waals surface area (Å²) in [6.45, 7) is 3.56. The van der Waals surface area contributed by atoms with Gasteiger partial charge in [-0.15, -0.1) is 0 Å². The Hall–Kier alpha value is -1.55. The number of halogens is 1. The molecule has 1 saturated carbocycles. The van der Waals surface area contributed by atoms with Gasteiger partial charge < -0.3 is 10.1 Å². The van der Waals surface area contributed by atoms with E-state index < -0.39 is 6.10 Å². The molecule has 5 heteroatoms.